The Morgan fingerprint density at radius 2 is 1.83 bits per heavy atom. The van der Waals surface area contributed by atoms with Crippen LogP contribution in [0.25, 0.3) is 0 Å². The van der Waals surface area contributed by atoms with Crippen molar-refractivity contribution in [1.29, 1.82) is 5.26 Å². The van der Waals surface area contributed by atoms with E-state index in [1.807, 2.05) is 30.3 Å². The quantitative estimate of drug-likeness (QED) is 0.830. The fourth-order valence-electron chi connectivity index (χ4n) is 1.67. The molecule has 0 bridgehead atoms. The minimum absolute atomic E-state index is 0.0610. The first-order valence-corrected chi connectivity index (χ1v) is 6.62. The summed E-state index contributed by atoms with van der Waals surface area (Å²) in [5.41, 5.74) is 1.35. The molecule has 0 aliphatic rings. The Balaban J connectivity index is 2.50. The number of nitrogens with zero attached hydrogens (tertiary/aromatic N) is 1. The van der Waals surface area contributed by atoms with Crippen molar-refractivity contribution < 1.29 is 0 Å². The van der Waals surface area contributed by atoms with Crippen molar-refractivity contribution >= 4 is 0 Å². The Bertz CT molecular complexity index is 387. The van der Waals surface area contributed by atoms with Crippen molar-refractivity contribution in [1.82, 2.24) is 5.32 Å². The van der Waals surface area contributed by atoms with Crippen LogP contribution in [0.1, 0.15) is 39.2 Å². The third kappa shape index (κ3) is 4.16. The van der Waals surface area contributed by atoms with E-state index in [4.69, 9.17) is 0 Å². The molecule has 1 aromatic rings. The number of nitriles is 1. The number of nitrogens with one attached hydrogen (secondary N) is 1. The van der Waals surface area contributed by atoms with Crippen molar-refractivity contribution in [3.8, 4) is 6.07 Å². The summed E-state index contributed by atoms with van der Waals surface area (Å²) in [7, 11) is 0. The maximum atomic E-state index is 9.23. The molecule has 0 fully saturated rings. The highest BCUT2D eigenvalue weighted by atomic mass is 14.9. The van der Waals surface area contributed by atoms with Gasteiger partial charge in [-0.3, -0.25) is 0 Å². The third-order valence-corrected chi connectivity index (χ3v) is 3.85. The molecule has 0 aromatic heterocycles. The van der Waals surface area contributed by atoms with E-state index in [0.29, 0.717) is 5.92 Å². The van der Waals surface area contributed by atoms with Gasteiger partial charge in [0, 0.05) is 13.1 Å². The van der Waals surface area contributed by atoms with E-state index >= 15 is 0 Å². The molecule has 0 aliphatic heterocycles. The smallest absolute Gasteiger partial charge is 0.0837 e. The molecule has 1 atom stereocenters. The third-order valence-electron chi connectivity index (χ3n) is 3.85. The summed E-state index contributed by atoms with van der Waals surface area (Å²) in [6.07, 6.45) is 0. The summed E-state index contributed by atoms with van der Waals surface area (Å²) in [5.74, 6) is 0.566. The molecule has 98 valence electrons. The Hall–Kier alpha value is -1.33. The van der Waals surface area contributed by atoms with Gasteiger partial charge in [-0.25, -0.2) is 0 Å². The molecule has 1 aromatic carbocycles. The second kappa shape index (κ2) is 6.56. The molecule has 1 rings (SSSR count). The van der Waals surface area contributed by atoms with Gasteiger partial charge in [0.05, 0.1) is 12.0 Å². The predicted octanol–water partition coefficient (Wildman–Crippen LogP) is 3.57. The molecule has 0 saturated carbocycles. The van der Waals surface area contributed by atoms with Gasteiger partial charge < -0.3 is 5.32 Å². The van der Waals surface area contributed by atoms with Gasteiger partial charge in [0.1, 0.15) is 0 Å². The summed E-state index contributed by atoms with van der Waals surface area (Å²) in [6.45, 7) is 10.6. The SMILES string of the molecule is CC(C)C(C)(C)CNCC(C#N)c1ccccc1. The van der Waals surface area contributed by atoms with Crippen LogP contribution in [0.4, 0.5) is 0 Å². The zero-order valence-corrected chi connectivity index (χ0v) is 11.9. The molecule has 0 spiro atoms. The van der Waals surface area contributed by atoms with Gasteiger partial charge in [-0.1, -0.05) is 58.0 Å². The van der Waals surface area contributed by atoms with Crippen molar-refractivity contribution in [3.63, 3.8) is 0 Å². The van der Waals surface area contributed by atoms with E-state index in [-0.39, 0.29) is 11.3 Å². The lowest BCUT2D eigenvalue weighted by Crippen LogP contribution is -2.35. The van der Waals surface area contributed by atoms with Gasteiger partial charge in [-0.05, 0) is 16.9 Å². The molecule has 2 heteroatoms. The maximum absolute atomic E-state index is 9.23. The average Bonchev–Trinajstić information content (AvgIpc) is 2.35. The number of hydrogen-bond acceptors (Lipinski definition) is 2. The molecule has 0 saturated heterocycles. The van der Waals surface area contributed by atoms with Gasteiger partial charge in [0.2, 0.25) is 0 Å². The van der Waals surface area contributed by atoms with E-state index in [1.165, 1.54) is 0 Å². The van der Waals surface area contributed by atoms with E-state index < -0.39 is 0 Å². The Kier molecular flexibility index (Phi) is 5.37. The van der Waals surface area contributed by atoms with Gasteiger partial charge in [0.15, 0.2) is 0 Å². The lowest BCUT2D eigenvalue weighted by Gasteiger charge is -2.30. The number of hydrogen-bond donors (Lipinski definition) is 1. The lowest BCUT2D eigenvalue weighted by molar-refractivity contribution is 0.238. The topological polar surface area (TPSA) is 35.8 Å². The molecule has 0 heterocycles. The number of rotatable bonds is 6. The largest absolute Gasteiger partial charge is 0.315 e. The fraction of sp³-hybridized carbons (Fsp3) is 0.562. The van der Waals surface area contributed by atoms with E-state index in [2.05, 4.69) is 39.1 Å². The summed E-state index contributed by atoms with van der Waals surface area (Å²) in [4.78, 5) is 0. The zero-order chi connectivity index (χ0) is 13.6. The van der Waals surface area contributed by atoms with Crippen LogP contribution in [0.5, 0.6) is 0 Å². The van der Waals surface area contributed by atoms with Gasteiger partial charge in [-0.15, -0.1) is 0 Å². The van der Waals surface area contributed by atoms with Crippen LogP contribution in [0, 0.1) is 22.7 Å². The van der Waals surface area contributed by atoms with E-state index in [9.17, 15) is 5.26 Å². The van der Waals surface area contributed by atoms with Crippen LogP contribution in [-0.4, -0.2) is 13.1 Å². The van der Waals surface area contributed by atoms with Crippen molar-refractivity contribution in [3.05, 3.63) is 35.9 Å². The van der Waals surface area contributed by atoms with Crippen molar-refractivity contribution in [2.75, 3.05) is 13.1 Å². The average molecular weight is 244 g/mol. The Morgan fingerprint density at radius 3 is 2.33 bits per heavy atom. The molecule has 0 amide bonds. The summed E-state index contributed by atoms with van der Waals surface area (Å²) in [6, 6.07) is 12.4. The zero-order valence-electron chi connectivity index (χ0n) is 11.9. The molecule has 18 heavy (non-hydrogen) atoms. The van der Waals surface area contributed by atoms with Crippen LogP contribution in [0.15, 0.2) is 30.3 Å². The van der Waals surface area contributed by atoms with Crippen LogP contribution >= 0.6 is 0 Å². The van der Waals surface area contributed by atoms with Crippen LogP contribution in [0.3, 0.4) is 0 Å². The van der Waals surface area contributed by atoms with Gasteiger partial charge >= 0.3 is 0 Å². The summed E-state index contributed by atoms with van der Waals surface area (Å²) in [5, 5.41) is 12.7. The highest BCUT2D eigenvalue weighted by Crippen LogP contribution is 2.25. The van der Waals surface area contributed by atoms with Crippen molar-refractivity contribution in [2.24, 2.45) is 11.3 Å². The first kappa shape index (κ1) is 14.7. The molecular formula is C16H24N2. The lowest BCUT2D eigenvalue weighted by atomic mass is 9.81. The molecule has 2 nitrogen and oxygen atoms in total. The van der Waals surface area contributed by atoms with Gasteiger partial charge in [0.25, 0.3) is 0 Å². The summed E-state index contributed by atoms with van der Waals surface area (Å²) >= 11 is 0. The molecule has 1 N–H and O–H groups in total. The van der Waals surface area contributed by atoms with Crippen molar-refractivity contribution in [2.45, 2.75) is 33.6 Å². The minimum atomic E-state index is -0.0610. The Morgan fingerprint density at radius 1 is 1.22 bits per heavy atom. The van der Waals surface area contributed by atoms with E-state index in [0.717, 1.165) is 18.7 Å². The molecule has 0 aliphatic carbocycles. The van der Waals surface area contributed by atoms with Crippen LogP contribution in [0.2, 0.25) is 0 Å². The fourth-order valence-corrected chi connectivity index (χ4v) is 1.67. The molecule has 0 radical (unpaired) electrons. The first-order valence-electron chi connectivity index (χ1n) is 6.62. The highest BCUT2D eigenvalue weighted by molar-refractivity contribution is 5.25. The monoisotopic (exact) mass is 244 g/mol. The minimum Gasteiger partial charge on any atom is -0.315 e. The molecular weight excluding hydrogens is 220 g/mol. The van der Waals surface area contributed by atoms with Gasteiger partial charge in [-0.2, -0.15) is 5.26 Å². The maximum Gasteiger partial charge on any atom is 0.0837 e. The van der Waals surface area contributed by atoms with Crippen LogP contribution < -0.4 is 5.32 Å². The normalized spacial score (nSPS) is 13.3. The first-order chi connectivity index (χ1) is 8.47. The number of benzene rings is 1. The second-order valence-electron chi connectivity index (χ2n) is 5.87. The van der Waals surface area contributed by atoms with E-state index in [1.54, 1.807) is 0 Å². The standard InChI is InChI=1S/C16H24N2/c1-13(2)16(3,4)12-18-11-15(10-17)14-8-6-5-7-9-14/h5-9,13,15,18H,11-12H2,1-4H3. The van der Waals surface area contributed by atoms with Crippen LogP contribution in [-0.2, 0) is 0 Å². The molecule has 1 unspecified atom stereocenters. The Labute approximate surface area is 111 Å². The second-order valence-corrected chi connectivity index (χ2v) is 5.87. The highest BCUT2D eigenvalue weighted by Gasteiger charge is 2.22. The summed E-state index contributed by atoms with van der Waals surface area (Å²) < 4.78 is 0. The predicted molar refractivity (Wildman–Crippen MR) is 76.3 cm³/mol.